The molecule has 0 saturated heterocycles. The van der Waals surface area contributed by atoms with Crippen molar-refractivity contribution in [2.24, 2.45) is 4.99 Å². The third-order valence-electron chi connectivity index (χ3n) is 4.25. The molecule has 26 heavy (non-hydrogen) atoms. The van der Waals surface area contributed by atoms with E-state index >= 15 is 0 Å². The predicted molar refractivity (Wildman–Crippen MR) is 118 cm³/mol. The van der Waals surface area contributed by atoms with Gasteiger partial charge >= 0.3 is 0 Å². The molecular weight excluding hydrogens is 445 g/mol. The fraction of sp³-hybridized carbons (Fsp3) is 0.611. The molecule has 0 amide bonds. The van der Waals surface area contributed by atoms with Gasteiger partial charge in [0.05, 0.1) is 4.92 Å². The van der Waals surface area contributed by atoms with Crippen LogP contribution in [0.3, 0.4) is 0 Å². The highest BCUT2D eigenvalue weighted by atomic mass is 127. The Hall–Kier alpha value is -1.42. The minimum atomic E-state index is -0.358. The largest absolute Gasteiger partial charge is 0.354 e. The Morgan fingerprint density at radius 2 is 1.96 bits per heavy atom. The molecule has 0 bridgehead atoms. The Bertz CT molecular complexity index is 564. The van der Waals surface area contributed by atoms with Gasteiger partial charge in [0.1, 0.15) is 0 Å². The van der Waals surface area contributed by atoms with Crippen LogP contribution >= 0.6 is 24.0 Å². The second-order valence-electron chi connectivity index (χ2n) is 6.03. The fourth-order valence-electron chi connectivity index (χ4n) is 2.68. The van der Waals surface area contributed by atoms with Crippen LogP contribution in [-0.4, -0.2) is 48.5 Å². The van der Waals surface area contributed by atoms with E-state index in [1.807, 2.05) is 0 Å². The van der Waals surface area contributed by atoms with E-state index in [4.69, 9.17) is 0 Å². The number of rotatable bonds is 10. The first-order valence-corrected chi connectivity index (χ1v) is 8.93. The van der Waals surface area contributed by atoms with Gasteiger partial charge in [-0.25, -0.2) is 0 Å². The van der Waals surface area contributed by atoms with Gasteiger partial charge in [0.15, 0.2) is 5.96 Å². The Labute approximate surface area is 173 Å². The van der Waals surface area contributed by atoms with Crippen LogP contribution in [0.5, 0.6) is 0 Å². The van der Waals surface area contributed by atoms with E-state index < -0.39 is 0 Å². The Kier molecular flexibility index (Phi) is 13.0. The number of nitro groups is 1. The SMILES string of the molecule is CCN(CC)CCCC(C)NC(=NC)NCc1ccccc1[N+](=O)[O-].I. The second kappa shape index (κ2) is 13.7. The molecule has 1 aromatic carbocycles. The van der Waals surface area contributed by atoms with Crippen LogP contribution in [0.25, 0.3) is 0 Å². The molecule has 0 radical (unpaired) electrons. The number of nitrogens with zero attached hydrogens (tertiary/aromatic N) is 3. The molecule has 0 fully saturated rings. The average Bonchev–Trinajstić information content (AvgIpc) is 2.62. The van der Waals surface area contributed by atoms with Gasteiger partial charge in [0.2, 0.25) is 0 Å². The van der Waals surface area contributed by atoms with Gasteiger partial charge < -0.3 is 15.5 Å². The summed E-state index contributed by atoms with van der Waals surface area (Å²) < 4.78 is 0. The van der Waals surface area contributed by atoms with Gasteiger partial charge in [-0.15, -0.1) is 24.0 Å². The minimum absolute atomic E-state index is 0. The van der Waals surface area contributed by atoms with Gasteiger partial charge in [-0.05, 0) is 39.4 Å². The lowest BCUT2D eigenvalue weighted by Crippen LogP contribution is -2.42. The molecule has 7 nitrogen and oxygen atoms in total. The van der Waals surface area contributed by atoms with Crippen molar-refractivity contribution in [1.29, 1.82) is 0 Å². The van der Waals surface area contributed by atoms with Crippen LogP contribution in [0.2, 0.25) is 0 Å². The standard InChI is InChI=1S/C18H31N5O2.HI/c1-5-22(6-2)13-9-10-15(3)21-18(19-4)20-14-16-11-7-8-12-17(16)23(24)25;/h7-8,11-12,15H,5-6,9-10,13-14H2,1-4H3,(H2,19,20,21);1H. The molecule has 0 aliphatic carbocycles. The third kappa shape index (κ3) is 8.79. The molecule has 2 N–H and O–H groups in total. The van der Waals surface area contributed by atoms with Crippen LogP contribution in [-0.2, 0) is 6.54 Å². The number of aliphatic imine (C=N–C) groups is 1. The van der Waals surface area contributed by atoms with Crippen LogP contribution in [0.4, 0.5) is 5.69 Å². The number of hydrogen-bond acceptors (Lipinski definition) is 4. The maximum Gasteiger partial charge on any atom is 0.274 e. The summed E-state index contributed by atoms with van der Waals surface area (Å²) in [6.45, 7) is 10.1. The van der Waals surface area contributed by atoms with Gasteiger partial charge in [0, 0.05) is 31.3 Å². The van der Waals surface area contributed by atoms with Gasteiger partial charge in [-0.3, -0.25) is 15.1 Å². The highest BCUT2D eigenvalue weighted by molar-refractivity contribution is 14.0. The minimum Gasteiger partial charge on any atom is -0.354 e. The highest BCUT2D eigenvalue weighted by Crippen LogP contribution is 2.17. The molecular formula is C18H32IN5O2. The number of halogens is 1. The van der Waals surface area contributed by atoms with Crippen LogP contribution in [0.1, 0.15) is 39.2 Å². The van der Waals surface area contributed by atoms with Crippen molar-refractivity contribution < 1.29 is 4.92 Å². The number of guanidine groups is 1. The fourth-order valence-corrected chi connectivity index (χ4v) is 2.68. The van der Waals surface area contributed by atoms with Crippen molar-refractivity contribution in [3.8, 4) is 0 Å². The van der Waals surface area contributed by atoms with Crippen molar-refractivity contribution in [1.82, 2.24) is 15.5 Å². The molecule has 8 heteroatoms. The monoisotopic (exact) mass is 477 g/mol. The summed E-state index contributed by atoms with van der Waals surface area (Å²) >= 11 is 0. The lowest BCUT2D eigenvalue weighted by atomic mass is 10.1. The summed E-state index contributed by atoms with van der Waals surface area (Å²) in [5, 5.41) is 17.6. The first-order chi connectivity index (χ1) is 12.0. The molecule has 0 spiro atoms. The van der Waals surface area contributed by atoms with Crippen LogP contribution in [0, 0.1) is 10.1 Å². The maximum absolute atomic E-state index is 11.1. The van der Waals surface area contributed by atoms with Crippen molar-refractivity contribution in [2.75, 3.05) is 26.7 Å². The number of benzene rings is 1. The van der Waals surface area contributed by atoms with E-state index in [9.17, 15) is 10.1 Å². The molecule has 1 rings (SSSR count). The normalized spacial score (nSPS) is 12.4. The second-order valence-corrected chi connectivity index (χ2v) is 6.03. The highest BCUT2D eigenvalue weighted by Gasteiger charge is 2.13. The first-order valence-electron chi connectivity index (χ1n) is 8.93. The van der Waals surface area contributed by atoms with Crippen molar-refractivity contribution >= 4 is 35.6 Å². The van der Waals surface area contributed by atoms with Crippen molar-refractivity contribution in [3.05, 3.63) is 39.9 Å². The molecule has 0 aromatic heterocycles. The number of hydrogen-bond donors (Lipinski definition) is 2. The quantitative estimate of drug-likeness (QED) is 0.178. The Morgan fingerprint density at radius 3 is 2.54 bits per heavy atom. The summed E-state index contributed by atoms with van der Waals surface area (Å²) in [4.78, 5) is 17.3. The molecule has 0 aliphatic rings. The Balaban J connectivity index is 0.00000625. The third-order valence-corrected chi connectivity index (χ3v) is 4.25. The lowest BCUT2D eigenvalue weighted by molar-refractivity contribution is -0.385. The molecule has 0 aliphatic heterocycles. The zero-order valence-corrected chi connectivity index (χ0v) is 18.5. The van der Waals surface area contributed by atoms with E-state index in [1.165, 1.54) is 6.07 Å². The molecule has 1 aromatic rings. The summed E-state index contributed by atoms with van der Waals surface area (Å²) in [6.07, 6.45) is 2.17. The van der Waals surface area contributed by atoms with Crippen molar-refractivity contribution in [2.45, 2.75) is 46.2 Å². The van der Waals surface area contributed by atoms with E-state index in [0.29, 0.717) is 18.1 Å². The van der Waals surface area contributed by atoms with E-state index in [2.05, 4.69) is 41.3 Å². The molecule has 1 unspecified atom stereocenters. The summed E-state index contributed by atoms with van der Waals surface area (Å²) in [6, 6.07) is 7.03. The summed E-state index contributed by atoms with van der Waals surface area (Å²) in [7, 11) is 1.71. The molecule has 148 valence electrons. The zero-order valence-electron chi connectivity index (χ0n) is 16.2. The first kappa shape index (κ1) is 24.6. The predicted octanol–water partition coefficient (Wildman–Crippen LogP) is 3.39. The van der Waals surface area contributed by atoms with E-state index in [-0.39, 0.29) is 40.6 Å². The van der Waals surface area contributed by atoms with Crippen molar-refractivity contribution in [3.63, 3.8) is 0 Å². The topological polar surface area (TPSA) is 82.8 Å². The lowest BCUT2D eigenvalue weighted by Gasteiger charge is -2.21. The van der Waals surface area contributed by atoms with Crippen LogP contribution < -0.4 is 10.6 Å². The van der Waals surface area contributed by atoms with Crippen LogP contribution in [0.15, 0.2) is 29.3 Å². The number of nitrogens with one attached hydrogen (secondary N) is 2. The Morgan fingerprint density at radius 1 is 1.31 bits per heavy atom. The summed E-state index contributed by atoms with van der Waals surface area (Å²) in [5.41, 5.74) is 0.766. The summed E-state index contributed by atoms with van der Waals surface area (Å²) in [5.74, 6) is 0.661. The van der Waals surface area contributed by atoms with Gasteiger partial charge in [-0.2, -0.15) is 0 Å². The van der Waals surface area contributed by atoms with E-state index in [1.54, 1.807) is 25.2 Å². The number of nitro benzene ring substituents is 1. The van der Waals surface area contributed by atoms with Gasteiger partial charge in [0.25, 0.3) is 5.69 Å². The molecule has 0 saturated carbocycles. The number of para-hydroxylation sites is 1. The average molecular weight is 477 g/mol. The van der Waals surface area contributed by atoms with E-state index in [0.717, 1.165) is 32.5 Å². The van der Waals surface area contributed by atoms with Gasteiger partial charge in [-0.1, -0.05) is 32.0 Å². The maximum atomic E-state index is 11.1. The molecule has 0 heterocycles. The zero-order chi connectivity index (χ0) is 18.7. The molecule has 1 atom stereocenters. The smallest absolute Gasteiger partial charge is 0.274 e.